The molecule has 0 saturated heterocycles. The Bertz CT molecular complexity index is 348. The van der Waals surface area contributed by atoms with Gasteiger partial charge < -0.3 is 5.32 Å². The van der Waals surface area contributed by atoms with Crippen molar-refractivity contribution in [2.45, 2.75) is 51.5 Å². The van der Waals surface area contributed by atoms with E-state index in [1.807, 2.05) is 6.07 Å². The van der Waals surface area contributed by atoms with Crippen molar-refractivity contribution in [2.75, 3.05) is 6.54 Å². The van der Waals surface area contributed by atoms with E-state index in [-0.39, 0.29) is 0 Å². The van der Waals surface area contributed by atoms with E-state index in [2.05, 4.69) is 25.2 Å². The van der Waals surface area contributed by atoms with Crippen LogP contribution in [-0.2, 0) is 0 Å². The summed E-state index contributed by atoms with van der Waals surface area (Å²) in [7, 11) is 0. The fourth-order valence-electron chi connectivity index (χ4n) is 2.74. The van der Waals surface area contributed by atoms with Crippen LogP contribution in [0.15, 0.2) is 12.1 Å². The van der Waals surface area contributed by atoms with Crippen molar-refractivity contribution >= 4 is 22.9 Å². The van der Waals surface area contributed by atoms with Crippen LogP contribution in [0, 0.1) is 5.92 Å². The second-order valence-corrected chi connectivity index (χ2v) is 7.10. The Morgan fingerprint density at radius 3 is 2.76 bits per heavy atom. The first-order valence-corrected chi connectivity index (χ1v) is 7.85. The van der Waals surface area contributed by atoms with Crippen molar-refractivity contribution in [2.24, 2.45) is 5.92 Å². The molecular weight excluding hydrogens is 250 g/mol. The standard InChI is InChI=1S/C14H22ClNS/c1-10(2)16-9-11-5-3-4-6-12(11)13-7-8-14(15)17-13/h7-8,10-12,16H,3-6,9H2,1-2H3. The van der Waals surface area contributed by atoms with Crippen LogP contribution in [0.25, 0.3) is 0 Å². The van der Waals surface area contributed by atoms with Gasteiger partial charge in [0.05, 0.1) is 4.34 Å². The van der Waals surface area contributed by atoms with Gasteiger partial charge in [-0.3, -0.25) is 0 Å². The third-order valence-corrected chi connectivity index (χ3v) is 5.02. The lowest BCUT2D eigenvalue weighted by Crippen LogP contribution is -2.33. The fraction of sp³-hybridized carbons (Fsp3) is 0.714. The zero-order chi connectivity index (χ0) is 12.3. The Hall–Kier alpha value is -0.0500. The molecule has 0 aromatic carbocycles. The Kier molecular flexibility index (Phi) is 4.89. The molecule has 0 bridgehead atoms. The average molecular weight is 272 g/mol. The fourth-order valence-corrected chi connectivity index (χ4v) is 4.03. The van der Waals surface area contributed by atoms with Crippen LogP contribution in [0.1, 0.15) is 50.3 Å². The smallest absolute Gasteiger partial charge is 0.0931 e. The minimum Gasteiger partial charge on any atom is -0.314 e. The molecule has 0 amide bonds. The topological polar surface area (TPSA) is 12.0 Å². The molecule has 1 aliphatic rings. The SMILES string of the molecule is CC(C)NCC1CCCCC1c1ccc(Cl)s1. The van der Waals surface area contributed by atoms with Crippen molar-refractivity contribution in [1.29, 1.82) is 0 Å². The number of rotatable bonds is 4. The van der Waals surface area contributed by atoms with Crippen molar-refractivity contribution in [1.82, 2.24) is 5.32 Å². The Morgan fingerprint density at radius 2 is 2.12 bits per heavy atom. The quantitative estimate of drug-likeness (QED) is 0.839. The predicted octanol–water partition coefficient (Wildman–Crippen LogP) is 4.67. The Balaban J connectivity index is 2.01. The first kappa shape index (κ1) is 13.4. The monoisotopic (exact) mass is 271 g/mol. The molecule has 1 heterocycles. The lowest BCUT2D eigenvalue weighted by atomic mass is 9.78. The normalized spacial score (nSPS) is 25.4. The molecule has 1 fully saturated rings. The van der Waals surface area contributed by atoms with E-state index in [1.165, 1.54) is 30.6 Å². The van der Waals surface area contributed by atoms with Gasteiger partial charge in [-0.05, 0) is 43.4 Å². The summed E-state index contributed by atoms with van der Waals surface area (Å²) >= 11 is 7.83. The van der Waals surface area contributed by atoms with E-state index >= 15 is 0 Å². The first-order chi connectivity index (χ1) is 8.16. The summed E-state index contributed by atoms with van der Waals surface area (Å²) in [6.07, 6.45) is 5.46. The predicted molar refractivity (Wildman–Crippen MR) is 77.2 cm³/mol. The number of hydrogen-bond donors (Lipinski definition) is 1. The Labute approximate surface area is 114 Å². The maximum atomic E-state index is 6.06. The summed E-state index contributed by atoms with van der Waals surface area (Å²) in [5, 5.41) is 3.59. The molecule has 1 saturated carbocycles. The summed E-state index contributed by atoms with van der Waals surface area (Å²) in [6.45, 7) is 5.59. The van der Waals surface area contributed by atoms with Gasteiger partial charge >= 0.3 is 0 Å². The van der Waals surface area contributed by atoms with Gasteiger partial charge in [0.2, 0.25) is 0 Å². The van der Waals surface area contributed by atoms with Crippen molar-refractivity contribution in [3.05, 3.63) is 21.3 Å². The molecule has 0 spiro atoms. The molecule has 1 nitrogen and oxygen atoms in total. The number of halogens is 1. The highest BCUT2D eigenvalue weighted by atomic mass is 35.5. The van der Waals surface area contributed by atoms with E-state index in [1.54, 1.807) is 11.3 Å². The van der Waals surface area contributed by atoms with Crippen LogP contribution >= 0.6 is 22.9 Å². The number of thiophene rings is 1. The number of hydrogen-bond acceptors (Lipinski definition) is 2. The van der Waals surface area contributed by atoms with Crippen LogP contribution in [0.3, 0.4) is 0 Å². The molecule has 17 heavy (non-hydrogen) atoms. The molecule has 1 aliphatic carbocycles. The lowest BCUT2D eigenvalue weighted by molar-refractivity contribution is 0.292. The van der Waals surface area contributed by atoms with E-state index in [9.17, 15) is 0 Å². The summed E-state index contributed by atoms with van der Waals surface area (Å²) in [5.41, 5.74) is 0. The highest BCUT2D eigenvalue weighted by Gasteiger charge is 2.27. The molecular formula is C14H22ClNS. The van der Waals surface area contributed by atoms with Crippen molar-refractivity contribution < 1.29 is 0 Å². The third kappa shape index (κ3) is 3.70. The van der Waals surface area contributed by atoms with Gasteiger partial charge in [-0.15, -0.1) is 11.3 Å². The molecule has 1 aromatic rings. The molecule has 2 rings (SSSR count). The van der Waals surface area contributed by atoms with Crippen LogP contribution in [0.2, 0.25) is 4.34 Å². The van der Waals surface area contributed by atoms with E-state index in [0.717, 1.165) is 22.7 Å². The maximum Gasteiger partial charge on any atom is 0.0931 e. The Morgan fingerprint density at radius 1 is 1.35 bits per heavy atom. The molecule has 2 atom stereocenters. The second-order valence-electron chi connectivity index (χ2n) is 5.36. The first-order valence-electron chi connectivity index (χ1n) is 6.65. The molecule has 2 unspecified atom stereocenters. The van der Waals surface area contributed by atoms with Crippen molar-refractivity contribution in [3.63, 3.8) is 0 Å². The van der Waals surface area contributed by atoms with E-state index in [4.69, 9.17) is 11.6 Å². The zero-order valence-corrected chi connectivity index (χ0v) is 12.3. The average Bonchev–Trinajstić information content (AvgIpc) is 2.73. The van der Waals surface area contributed by atoms with Gasteiger partial charge in [-0.2, -0.15) is 0 Å². The van der Waals surface area contributed by atoms with Crippen molar-refractivity contribution in [3.8, 4) is 0 Å². The lowest BCUT2D eigenvalue weighted by Gasteiger charge is -2.31. The highest BCUT2D eigenvalue weighted by Crippen LogP contribution is 2.41. The molecule has 0 radical (unpaired) electrons. The van der Waals surface area contributed by atoms with Gasteiger partial charge in [0, 0.05) is 10.9 Å². The zero-order valence-electron chi connectivity index (χ0n) is 10.7. The van der Waals surface area contributed by atoms with E-state index in [0.29, 0.717) is 6.04 Å². The summed E-state index contributed by atoms with van der Waals surface area (Å²) in [6, 6.07) is 4.86. The third-order valence-electron chi connectivity index (χ3n) is 3.66. The van der Waals surface area contributed by atoms with Gasteiger partial charge in [0.15, 0.2) is 0 Å². The van der Waals surface area contributed by atoms with Crippen LogP contribution in [-0.4, -0.2) is 12.6 Å². The molecule has 1 aromatic heterocycles. The molecule has 96 valence electrons. The molecule has 1 N–H and O–H groups in total. The molecule has 3 heteroatoms. The highest BCUT2D eigenvalue weighted by molar-refractivity contribution is 7.16. The second kappa shape index (κ2) is 6.21. The van der Waals surface area contributed by atoms with Gasteiger partial charge in [0.1, 0.15) is 0 Å². The van der Waals surface area contributed by atoms with Crippen LogP contribution in [0.4, 0.5) is 0 Å². The van der Waals surface area contributed by atoms with Gasteiger partial charge in [-0.1, -0.05) is 38.3 Å². The minimum absolute atomic E-state index is 0.588. The summed E-state index contributed by atoms with van der Waals surface area (Å²) < 4.78 is 0.932. The van der Waals surface area contributed by atoms with Crippen LogP contribution < -0.4 is 5.32 Å². The largest absolute Gasteiger partial charge is 0.314 e. The van der Waals surface area contributed by atoms with Gasteiger partial charge in [-0.25, -0.2) is 0 Å². The summed E-state index contributed by atoms with van der Waals surface area (Å²) in [5.74, 6) is 1.52. The van der Waals surface area contributed by atoms with Gasteiger partial charge in [0.25, 0.3) is 0 Å². The number of nitrogens with one attached hydrogen (secondary N) is 1. The van der Waals surface area contributed by atoms with E-state index < -0.39 is 0 Å². The molecule has 0 aliphatic heterocycles. The summed E-state index contributed by atoms with van der Waals surface area (Å²) in [4.78, 5) is 1.49. The van der Waals surface area contributed by atoms with Crippen LogP contribution in [0.5, 0.6) is 0 Å². The minimum atomic E-state index is 0.588. The maximum absolute atomic E-state index is 6.06.